The molecule has 3 heteroatoms. The van der Waals surface area contributed by atoms with Gasteiger partial charge in [0.05, 0.1) is 0 Å². The van der Waals surface area contributed by atoms with Crippen molar-refractivity contribution in [2.24, 2.45) is 17.8 Å². The van der Waals surface area contributed by atoms with E-state index in [0.717, 1.165) is 36.6 Å². The first kappa shape index (κ1) is 12.8. The summed E-state index contributed by atoms with van der Waals surface area (Å²) in [6.45, 7) is 12.3. The van der Waals surface area contributed by atoms with Crippen LogP contribution in [0, 0.1) is 17.8 Å². The van der Waals surface area contributed by atoms with Crippen LogP contribution < -0.4 is 5.32 Å². The van der Waals surface area contributed by atoms with Crippen LogP contribution in [0.5, 0.6) is 0 Å². The Labute approximate surface area is 99.4 Å². The van der Waals surface area contributed by atoms with Gasteiger partial charge in [-0.25, -0.2) is 0 Å². The van der Waals surface area contributed by atoms with Crippen molar-refractivity contribution >= 4 is 17.3 Å². The molecule has 0 spiro atoms. The standard InChI is InChI=1S/C12H24N2S/c1-9(2)6-13-12(15)14-7-10(3)5-11(4)8-14/h9-11H,5-8H2,1-4H3,(H,13,15). The van der Waals surface area contributed by atoms with Crippen molar-refractivity contribution in [3.8, 4) is 0 Å². The molecule has 1 heterocycles. The summed E-state index contributed by atoms with van der Waals surface area (Å²) in [7, 11) is 0. The molecule has 0 bridgehead atoms. The van der Waals surface area contributed by atoms with Crippen molar-refractivity contribution in [2.75, 3.05) is 19.6 Å². The topological polar surface area (TPSA) is 15.3 Å². The number of thiocarbonyl (C=S) groups is 1. The first-order valence-electron chi connectivity index (χ1n) is 6.01. The monoisotopic (exact) mass is 228 g/mol. The van der Waals surface area contributed by atoms with Crippen LogP contribution in [0.15, 0.2) is 0 Å². The molecule has 2 unspecified atom stereocenters. The van der Waals surface area contributed by atoms with E-state index in [1.54, 1.807) is 0 Å². The predicted molar refractivity (Wildman–Crippen MR) is 70.0 cm³/mol. The van der Waals surface area contributed by atoms with Crippen molar-refractivity contribution in [1.29, 1.82) is 0 Å². The summed E-state index contributed by atoms with van der Waals surface area (Å²) in [6, 6.07) is 0. The van der Waals surface area contributed by atoms with Crippen molar-refractivity contribution in [3.63, 3.8) is 0 Å². The number of rotatable bonds is 2. The van der Waals surface area contributed by atoms with E-state index in [1.165, 1.54) is 6.42 Å². The Morgan fingerprint density at radius 1 is 1.33 bits per heavy atom. The molecule has 1 aliphatic heterocycles. The lowest BCUT2D eigenvalue weighted by atomic mass is 9.92. The largest absolute Gasteiger partial charge is 0.362 e. The first-order valence-corrected chi connectivity index (χ1v) is 6.42. The molecule has 1 aliphatic rings. The number of nitrogens with one attached hydrogen (secondary N) is 1. The summed E-state index contributed by atoms with van der Waals surface area (Å²) in [5, 5.41) is 4.30. The fourth-order valence-corrected chi connectivity index (χ4v) is 2.46. The second-order valence-corrected chi connectivity index (χ2v) is 5.82. The number of nitrogens with zero attached hydrogens (tertiary/aromatic N) is 1. The predicted octanol–water partition coefficient (Wildman–Crippen LogP) is 2.49. The van der Waals surface area contributed by atoms with Crippen LogP contribution in [0.2, 0.25) is 0 Å². The molecule has 0 aliphatic carbocycles. The van der Waals surface area contributed by atoms with Crippen LogP contribution in [0.4, 0.5) is 0 Å². The van der Waals surface area contributed by atoms with Crippen LogP contribution in [-0.2, 0) is 0 Å². The molecule has 2 nitrogen and oxygen atoms in total. The zero-order valence-corrected chi connectivity index (χ0v) is 11.2. The molecular formula is C12H24N2S. The Kier molecular flexibility index (Phi) is 4.84. The Bertz CT molecular complexity index is 206. The minimum absolute atomic E-state index is 0.655. The van der Waals surface area contributed by atoms with E-state index in [-0.39, 0.29) is 0 Å². The van der Waals surface area contributed by atoms with Crippen LogP contribution >= 0.6 is 12.2 Å². The van der Waals surface area contributed by atoms with E-state index in [2.05, 4.69) is 37.9 Å². The molecule has 88 valence electrons. The van der Waals surface area contributed by atoms with E-state index in [4.69, 9.17) is 12.2 Å². The number of hydrogen-bond donors (Lipinski definition) is 1. The summed E-state index contributed by atoms with van der Waals surface area (Å²) in [4.78, 5) is 2.33. The molecule has 0 aromatic rings. The zero-order chi connectivity index (χ0) is 11.4. The molecule has 0 aromatic heterocycles. The van der Waals surface area contributed by atoms with Crippen LogP contribution in [0.3, 0.4) is 0 Å². The van der Waals surface area contributed by atoms with Crippen molar-refractivity contribution in [2.45, 2.75) is 34.1 Å². The van der Waals surface area contributed by atoms with Crippen molar-refractivity contribution in [3.05, 3.63) is 0 Å². The third kappa shape index (κ3) is 4.37. The second-order valence-electron chi connectivity index (χ2n) is 5.43. The fraction of sp³-hybridized carbons (Fsp3) is 0.917. The fourth-order valence-electron chi connectivity index (χ4n) is 2.23. The summed E-state index contributed by atoms with van der Waals surface area (Å²) in [5.41, 5.74) is 0. The number of likely N-dealkylation sites (tertiary alicyclic amines) is 1. The molecule has 1 rings (SSSR count). The lowest BCUT2D eigenvalue weighted by Crippen LogP contribution is -2.47. The normalized spacial score (nSPS) is 26.9. The van der Waals surface area contributed by atoms with Crippen LogP contribution in [0.1, 0.15) is 34.1 Å². The van der Waals surface area contributed by atoms with Crippen LogP contribution in [-0.4, -0.2) is 29.6 Å². The van der Waals surface area contributed by atoms with Gasteiger partial charge in [-0.3, -0.25) is 0 Å². The van der Waals surface area contributed by atoms with Gasteiger partial charge in [0.15, 0.2) is 5.11 Å². The van der Waals surface area contributed by atoms with Gasteiger partial charge in [0.25, 0.3) is 0 Å². The van der Waals surface area contributed by atoms with Crippen LogP contribution in [0.25, 0.3) is 0 Å². The molecule has 2 atom stereocenters. The maximum atomic E-state index is 5.41. The molecular weight excluding hydrogens is 204 g/mol. The highest BCUT2D eigenvalue weighted by Crippen LogP contribution is 2.20. The average Bonchev–Trinajstić information content (AvgIpc) is 2.12. The van der Waals surface area contributed by atoms with E-state index in [1.807, 2.05) is 0 Å². The summed E-state index contributed by atoms with van der Waals surface area (Å²) >= 11 is 5.41. The second kappa shape index (κ2) is 5.69. The summed E-state index contributed by atoms with van der Waals surface area (Å²) < 4.78 is 0. The molecule has 1 fully saturated rings. The van der Waals surface area contributed by atoms with Gasteiger partial charge in [-0.2, -0.15) is 0 Å². The third-order valence-electron chi connectivity index (χ3n) is 2.82. The molecule has 1 N–H and O–H groups in total. The SMILES string of the molecule is CC(C)CNC(=S)N1CC(C)CC(C)C1. The summed E-state index contributed by atoms with van der Waals surface area (Å²) in [6.07, 6.45) is 1.34. The van der Waals surface area contributed by atoms with Gasteiger partial charge in [0.2, 0.25) is 0 Å². The Balaban J connectivity index is 2.38. The van der Waals surface area contributed by atoms with Crippen molar-refractivity contribution < 1.29 is 0 Å². The molecule has 1 saturated heterocycles. The lowest BCUT2D eigenvalue weighted by Gasteiger charge is -2.36. The quantitative estimate of drug-likeness (QED) is 0.731. The maximum Gasteiger partial charge on any atom is 0.168 e. The van der Waals surface area contributed by atoms with Gasteiger partial charge < -0.3 is 10.2 Å². The average molecular weight is 228 g/mol. The van der Waals surface area contributed by atoms with Gasteiger partial charge in [-0.05, 0) is 36.4 Å². The van der Waals surface area contributed by atoms with Gasteiger partial charge in [0, 0.05) is 19.6 Å². The van der Waals surface area contributed by atoms with E-state index in [9.17, 15) is 0 Å². The maximum absolute atomic E-state index is 5.41. The highest BCUT2D eigenvalue weighted by atomic mass is 32.1. The molecule has 0 amide bonds. The molecule has 0 radical (unpaired) electrons. The molecule has 15 heavy (non-hydrogen) atoms. The summed E-state index contributed by atoms with van der Waals surface area (Å²) in [5.74, 6) is 2.20. The molecule has 0 aromatic carbocycles. The highest BCUT2D eigenvalue weighted by molar-refractivity contribution is 7.80. The van der Waals surface area contributed by atoms with Gasteiger partial charge in [-0.1, -0.05) is 27.7 Å². The van der Waals surface area contributed by atoms with Gasteiger partial charge >= 0.3 is 0 Å². The Morgan fingerprint density at radius 3 is 2.33 bits per heavy atom. The van der Waals surface area contributed by atoms with Gasteiger partial charge in [0.1, 0.15) is 0 Å². The van der Waals surface area contributed by atoms with E-state index >= 15 is 0 Å². The number of piperidine rings is 1. The minimum Gasteiger partial charge on any atom is -0.362 e. The minimum atomic E-state index is 0.655. The molecule has 0 saturated carbocycles. The Hall–Kier alpha value is -0.310. The Morgan fingerprint density at radius 2 is 1.87 bits per heavy atom. The van der Waals surface area contributed by atoms with Gasteiger partial charge in [-0.15, -0.1) is 0 Å². The highest BCUT2D eigenvalue weighted by Gasteiger charge is 2.23. The van der Waals surface area contributed by atoms with Crippen molar-refractivity contribution in [1.82, 2.24) is 10.2 Å². The third-order valence-corrected chi connectivity index (χ3v) is 3.22. The number of hydrogen-bond acceptors (Lipinski definition) is 1. The smallest absolute Gasteiger partial charge is 0.168 e. The first-order chi connectivity index (χ1) is 6.99. The lowest BCUT2D eigenvalue weighted by molar-refractivity contribution is 0.211. The van der Waals surface area contributed by atoms with E-state index < -0.39 is 0 Å². The van der Waals surface area contributed by atoms with E-state index in [0.29, 0.717) is 5.92 Å². The zero-order valence-electron chi connectivity index (χ0n) is 10.4.